The lowest BCUT2D eigenvalue weighted by Crippen LogP contribution is -2.26. The number of nitrogens with zero attached hydrogens (tertiary/aromatic N) is 2. The number of halogens is 1. The number of carbonyl (C=O) groups is 1. The molecule has 1 heterocycles. The lowest BCUT2D eigenvalue weighted by molar-refractivity contribution is -0.116. The highest BCUT2D eigenvalue weighted by Gasteiger charge is 2.08. The van der Waals surface area contributed by atoms with Crippen molar-refractivity contribution in [2.24, 2.45) is 5.73 Å². The van der Waals surface area contributed by atoms with Gasteiger partial charge in [0.1, 0.15) is 17.3 Å². The molecule has 1 rings (SSSR count). The number of hydrogen-bond acceptors (Lipinski definition) is 4. The standard InChI is InChI=1S/C9H13ClN4O/c1-2-6(11)3-9(15)14-8-4-7(10)12-5-13-8/h4-6H,2-3,11H2,1H3,(H,12,13,14,15). The van der Waals surface area contributed by atoms with Gasteiger partial charge < -0.3 is 11.1 Å². The third-order valence-corrected chi connectivity index (χ3v) is 2.08. The van der Waals surface area contributed by atoms with E-state index in [9.17, 15) is 4.79 Å². The van der Waals surface area contributed by atoms with E-state index in [-0.39, 0.29) is 18.4 Å². The minimum Gasteiger partial charge on any atom is -0.327 e. The summed E-state index contributed by atoms with van der Waals surface area (Å²) in [6, 6.07) is 1.36. The molecule has 1 unspecified atom stereocenters. The van der Waals surface area contributed by atoms with Gasteiger partial charge in [0, 0.05) is 18.5 Å². The van der Waals surface area contributed by atoms with Gasteiger partial charge in [-0.1, -0.05) is 18.5 Å². The van der Waals surface area contributed by atoms with Crippen LogP contribution < -0.4 is 11.1 Å². The minimum atomic E-state index is -0.167. The van der Waals surface area contributed by atoms with Gasteiger partial charge in [-0.05, 0) is 6.42 Å². The largest absolute Gasteiger partial charge is 0.327 e. The number of nitrogens with two attached hydrogens (primary N) is 1. The maximum Gasteiger partial charge on any atom is 0.227 e. The number of rotatable bonds is 4. The molecule has 0 aromatic carbocycles. The van der Waals surface area contributed by atoms with Gasteiger partial charge in [0.25, 0.3) is 0 Å². The summed E-state index contributed by atoms with van der Waals surface area (Å²) in [4.78, 5) is 18.9. The number of nitrogens with one attached hydrogen (secondary N) is 1. The van der Waals surface area contributed by atoms with Crippen LogP contribution in [0.15, 0.2) is 12.4 Å². The molecule has 0 radical (unpaired) electrons. The van der Waals surface area contributed by atoms with E-state index >= 15 is 0 Å². The van der Waals surface area contributed by atoms with Gasteiger partial charge in [-0.3, -0.25) is 4.79 Å². The molecule has 0 spiro atoms. The lowest BCUT2D eigenvalue weighted by atomic mass is 10.1. The quantitative estimate of drug-likeness (QED) is 0.759. The first kappa shape index (κ1) is 11.9. The Labute approximate surface area is 93.0 Å². The summed E-state index contributed by atoms with van der Waals surface area (Å²) < 4.78 is 0. The van der Waals surface area contributed by atoms with Crippen LogP contribution in [0.4, 0.5) is 5.82 Å². The summed E-state index contributed by atoms with van der Waals surface area (Å²) >= 11 is 5.63. The van der Waals surface area contributed by atoms with Crippen molar-refractivity contribution in [3.63, 3.8) is 0 Å². The molecule has 15 heavy (non-hydrogen) atoms. The summed E-state index contributed by atoms with van der Waals surface area (Å²) in [6.07, 6.45) is 2.33. The molecule has 0 fully saturated rings. The summed E-state index contributed by atoms with van der Waals surface area (Å²) in [5.41, 5.74) is 5.64. The van der Waals surface area contributed by atoms with Crippen LogP contribution in [0.5, 0.6) is 0 Å². The van der Waals surface area contributed by atoms with Crippen LogP contribution in [0.1, 0.15) is 19.8 Å². The fourth-order valence-corrected chi connectivity index (χ4v) is 1.13. The number of amides is 1. The fraction of sp³-hybridized carbons (Fsp3) is 0.444. The second-order valence-electron chi connectivity index (χ2n) is 3.15. The first-order valence-corrected chi connectivity index (χ1v) is 5.02. The monoisotopic (exact) mass is 228 g/mol. The van der Waals surface area contributed by atoms with E-state index in [0.717, 1.165) is 6.42 Å². The third-order valence-electron chi connectivity index (χ3n) is 1.87. The van der Waals surface area contributed by atoms with Gasteiger partial charge in [-0.15, -0.1) is 0 Å². The van der Waals surface area contributed by atoms with Crippen LogP contribution in [-0.2, 0) is 4.79 Å². The average molecular weight is 229 g/mol. The van der Waals surface area contributed by atoms with Crippen LogP contribution in [0.2, 0.25) is 5.15 Å². The predicted molar refractivity (Wildman–Crippen MR) is 58.6 cm³/mol. The van der Waals surface area contributed by atoms with E-state index < -0.39 is 0 Å². The average Bonchev–Trinajstić information content (AvgIpc) is 2.17. The summed E-state index contributed by atoms with van der Waals surface area (Å²) in [5, 5.41) is 2.89. The fourth-order valence-electron chi connectivity index (χ4n) is 0.978. The molecule has 0 saturated carbocycles. The molecule has 0 aliphatic carbocycles. The molecule has 1 aromatic heterocycles. The van der Waals surface area contributed by atoms with Crippen molar-refractivity contribution < 1.29 is 4.79 Å². The molecule has 1 amide bonds. The second kappa shape index (κ2) is 5.63. The summed E-state index contributed by atoms with van der Waals surface area (Å²) in [7, 11) is 0. The molecule has 1 aromatic rings. The maximum absolute atomic E-state index is 11.4. The minimum absolute atomic E-state index is 0.123. The third kappa shape index (κ3) is 4.22. The Morgan fingerprint density at radius 2 is 2.40 bits per heavy atom. The van der Waals surface area contributed by atoms with E-state index in [4.69, 9.17) is 17.3 Å². The van der Waals surface area contributed by atoms with Crippen molar-refractivity contribution in [2.45, 2.75) is 25.8 Å². The van der Waals surface area contributed by atoms with Gasteiger partial charge in [0.05, 0.1) is 0 Å². The van der Waals surface area contributed by atoms with E-state index in [2.05, 4.69) is 15.3 Å². The van der Waals surface area contributed by atoms with Gasteiger partial charge in [-0.25, -0.2) is 9.97 Å². The van der Waals surface area contributed by atoms with Crippen molar-refractivity contribution in [1.82, 2.24) is 9.97 Å². The molecule has 1 atom stereocenters. The SMILES string of the molecule is CCC(N)CC(=O)Nc1cc(Cl)ncn1. The molecule has 5 nitrogen and oxygen atoms in total. The highest BCUT2D eigenvalue weighted by Crippen LogP contribution is 2.09. The van der Waals surface area contributed by atoms with Crippen molar-refractivity contribution in [3.05, 3.63) is 17.5 Å². The van der Waals surface area contributed by atoms with Crippen molar-refractivity contribution >= 4 is 23.3 Å². The van der Waals surface area contributed by atoms with E-state index in [1.807, 2.05) is 6.92 Å². The zero-order chi connectivity index (χ0) is 11.3. The number of hydrogen-bond donors (Lipinski definition) is 2. The first-order chi connectivity index (χ1) is 7.11. The Hall–Kier alpha value is -1.20. The van der Waals surface area contributed by atoms with Gasteiger partial charge in [0.2, 0.25) is 5.91 Å². The molecule has 82 valence electrons. The van der Waals surface area contributed by atoms with Crippen LogP contribution in [-0.4, -0.2) is 21.9 Å². The summed E-state index contributed by atoms with van der Waals surface area (Å²) in [5.74, 6) is 0.224. The molecular weight excluding hydrogens is 216 g/mol. The molecular formula is C9H13ClN4O. The Morgan fingerprint density at radius 1 is 1.67 bits per heavy atom. The van der Waals surface area contributed by atoms with Crippen LogP contribution in [0, 0.1) is 0 Å². The Balaban J connectivity index is 2.51. The van der Waals surface area contributed by atoms with Crippen LogP contribution in [0.3, 0.4) is 0 Å². The van der Waals surface area contributed by atoms with Crippen LogP contribution >= 0.6 is 11.6 Å². The van der Waals surface area contributed by atoms with Gasteiger partial charge in [0.15, 0.2) is 0 Å². The van der Waals surface area contributed by atoms with Gasteiger partial charge >= 0.3 is 0 Å². The zero-order valence-electron chi connectivity index (χ0n) is 8.40. The van der Waals surface area contributed by atoms with Crippen molar-refractivity contribution in [2.75, 3.05) is 5.32 Å². The van der Waals surface area contributed by atoms with E-state index in [1.165, 1.54) is 12.4 Å². The van der Waals surface area contributed by atoms with E-state index in [1.54, 1.807) is 0 Å². The summed E-state index contributed by atoms with van der Waals surface area (Å²) in [6.45, 7) is 1.93. The number of aromatic nitrogens is 2. The molecule has 3 N–H and O–H groups in total. The number of anilines is 1. The van der Waals surface area contributed by atoms with Crippen LogP contribution in [0.25, 0.3) is 0 Å². The Kier molecular flexibility index (Phi) is 4.45. The molecule has 0 saturated heterocycles. The Morgan fingerprint density at radius 3 is 3.00 bits per heavy atom. The first-order valence-electron chi connectivity index (χ1n) is 4.64. The molecule has 0 aliphatic rings. The molecule has 0 bridgehead atoms. The maximum atomic E-state index is 11.4. The predicted octanol–water partition coefficient (Wildman–Crippen LogP) is 1.20. The lowest BCUT2D eigenvalue weighted by Gasteiger charge is -2.08. The van der Waals surface area contributed by atoms with Gasteiger partial charge in [-0.2, -0.15) is 0 Å². The highest BCUT2D eigenvalue weighted by atomic mass is 35.5. The normalized spacial score (nSPS) is 12.2. The second-order valence-corrected chi connectivity index (χ2v) is 3.53. The van der Waals surface area contributed by atoms with Crippen molar-refractivity contribution in [3.8, 4) is 0 Å². The topological polar surface area (TPSA) is 80.9 Å². The molecule has 6 heteroatoms. The number of carbonyl (C=O) groups excluding carboxylic acids is 1. The Bertz CT molecular complexity index is 345. The van der Waals surface area contributed by atoms with Crippen molar-refractivity contribution in [1.29, 1.82) is 0 Å². The molecule has 0 aliphatic heterocycles. The van der Waals surface area contributed by atoms with E-state index in [0.29, 0.717) is 11.0 Å². The zero-order valence-corrected chi connectivity index (χ0v) is 9.16. The smallest absolute Gasteiger partial charge is 0.227 e. The highest BCUT2D eigenvalue weighted by molar-refractivity contribution is 6.29.